The average Bonchev–Trinajstić information content (AvgIpc) is 3.06. The normalized spacial score (nSPS) is 12.5. The molecule has 3 aromatic rings. The molecule has 0 unspecified atom stereocenters. The van der Waals surface area contributed by atoms with E-state index in [0.717, 1.165) is 17.5 Å². The Kier molecular flexibility index (Phi) is 16.0. The Balaban J connectivity index is 0.00000675. The molecule has 0 aliphatic carbocycles. The van der Waals surface area contributed by atoms with E-state index in [9.17, 15) is 19.2 Å². The standard InChI is InChI=1S/C32H38N3O6PS.BrH/c1-40-30(37)22-34-31(38)28(35-29(36)19-18-27(33)32(39)41-2)23-43-21-20-42(24-12-6-3-7-13-24,25-14-8-4-9-15-25)26-16-10-5-11-17-26;/h3-17,21,27-28,43H,18-20,22-23,33H2,1-2H3,(H-,34,35,36,38);1H/t27-,28-;/m0./s1. The summed E-state index contributed by atoms with van der Waals surface area (Å²) in [5, 5.41) is 11.1. The summed E-state index contributed by atoms with van der Waals surface area (Å²) < 4.78 is 9.23. The first kappa shape index (κ1) is 36.8. The van der Waals surface area contributed by atoms with E-state index in [2.05, 4.69) is 98.3 Å². The molecule has 12 heteroatoms. The van der Waals surface area contributed by atoms with Gasteiger partial charge in [-0.1, -0.05) is 54.6 Å². The summed E-state index contributed by atoms with van der Waals surface area (Å²) in [5.74, 6) is -1.88. The first-order chi connectivity index (χ1) is 20.8. The highest BCUT2D eigenvalue weighted by Gasteiger charge is 2.44. The Bertz CT molecular complexity index is 1290. The van der Waals surface area contributed by atoms with Crippen molar-refractivity contribution in [3.05, 3.63) is 91.0 Å². The number of hydrogen-bond acceptors (Lipinski definition) is 7. The maximum Gasteiger partial charge on any atom is 0.325 e. The third kappa shape index (κ3) is 10.4. The van der Waals surface area contributed by atoms with Crippen LogP contribution in [0, 0.1) is 0 Å². The summed E-state index contributed by atoms with van der Waals surface area (Å²) in [6.07, 6.45) is 0.727. The number of esters is 2. The quantitative estimate of drug-likeness (QED) is 0.0642. The lowest BCUT2D eigenvalue weighted by molar-refractivity contribution is -0.142. The predicted octanol–water partition coefficient (Wildman–Crippen LogP) is -1.69. The molecule has 236 valence electrons. The minimum absolute atomic E-state index is 0. The third-order valence-electron chi connectivity index (χ3n) is 6.84. The number of nitrogens with one attached hydrogen (secondary N) is 2. The number of methoxy groups -OCH3 is 2. The molecule has 3 aromatic carbocycles. The van der Waals surface area contributed by atoms with Crippen LogP contribution >= 0.6 is 18.6 Å². The van der Waals surface area contributed by atoms with Crippen LogP contribution in [-0.2, 0) is 28.7 Å². The molecule has 44 heavy (non-hydrogen) atoms. The van der Waals surface area contributed by atoms with E-state index in [4.69, 9.17) is 5.73 Å². The molecule has 0 fully saturated rings. The minimum Gasteiger partial charge on any atom is -1.00 e. The maximum absolute atomic E-state index is 13.0. The second-order valence-corrected chi connectivity index (χ2v) is 14.3. The maximum atomic E-state index is 13.0. The Morgan fingerprint density at radius 3 is 1.80 bits per heavy atom. The molecular weight excluding hydrogens is 665 g/mol. The van der Waals surface area contributed by atoms with E-state index in [1.807, 2.05) is 18.2 Å². The van der Waals surface area contributed by atoms with E-state index < -0.39 is 43.1 Å². The molecule has 0 spiro atoms. The van der Waals surface area contributed by atoms with E-state index in [1.54, 1.807) is 0 Å². The van der Waals surface area contributed by atoms with Crippen LogP contribution < -0.4 is 49.3 Å². The molecule has 0 aliphatic rings. The Labute approximate surface area is 273 Å². The zero-order valence-electron chi connectivity index (χ0n) is 24.7. The van der Waals surface area contributed by atoms with Crippen molar-refractivity contribution in [2.24, 2.45) is 5.73 Å². The average molecular weight is 705 g/mol. The fourth-order valence-electron chi connectivity index (χ4n) is 4.54. The molecule has 4 N–H and O–H groups in total. The summed E-state index contributed by atoms with van der Waals surface area (Å²) in [7, 11) is 0.358. The van der Waals surface area contributed by atoms with Crippen molar-refractivity contribution in [2.45, 2.75) is 24.9 Å². The van der Waals surface area contributed by atoms with Crippen LogP contribution in [0.1, 0.15) is 12.8 Å². The molecule has 0 aliphatic heterocycles. The van der Waals surface area contributed by atoms with Gasteiger partial charge in [0.05, 0.1) is 20.4 Å². The molecule has 0 aromatic heterocycles. The van der Waals surface area contributed by atoms with Crippen molar-refractivity contribution in [1.29, 1.82) is 0 Å². The lowest BCUT2D eigenvalue weighted by atomic mass is 10.1. The number of carbonyl (C=O) groups is 4. The zero-order chi connectivity index (χ0) is 31.1. The number of carbonyl (C=O) groups excluding carboxylic acids is 4. The molecule has 0 heterocycles. The van der Waals surface area contributed by atoms with Crippen molar-refractivity contribution in [2.75, 3.05) is 32.7 Å². The number of amides is 2. The molecule has 0 radical (unpaired) electrons. The first-order valence-electron chi connectivity index (χ1n) is 13.8. The van der Waals surface area contributed by atoms with Crippen LogP contribution in [0.25, 0.3) is 0 Å². The van der Waals surface area contributed by atoms with Gasteiger partial charge in [-0.25, -0.2) is 0 Å². The third-order valence-corrected chi connectivity index (χ3v) is 12.4. The van der Waals surface area contributed by atoms with E-state index in [1.165, 1.54) is 30.1 Å². The number of rotatable bonds is 15. The first-order valence-corrected chi connectivity index (χ1v) is 16.9. The van der Waals surface area contributed by atoms with Crippen molar-refractivity contribution in [3.63, 3.8) is 0 Å². The number of hydrogen-bond donors (Lipinski definition) is 4. The van der Waals surface area contributed by atoms with Gasteiger partial charge in [-0.2, -0.15) is 11.4 Å². The van der Waals surface area contributed by atoms with Gasteiger partial charge in [-0.15, -0.1) is 0 Å². The molecular formula is C32H39BrN3O6PS. The van der Waals surface area contributed by atoms with Crippen LogP contribution in [0.3, 0.4) is 0 Å². The van der Waals surface area contributed by atoms with Crippen molar-refractivity contribution < 1.29 is 45.6 Å². The van der Waals surface area contributed by atoms with Gasteiger partial charge in [0.15, 0.2) is 0 Å². The zero-order valence-corrected chi connectivity index (χ0v) is 28.1. The predicted molar refractivity (Wildman–Crippen MR) is 176 cm³/mol. The van der Waals surface area contributed by atoms with Gasteiger partial charge >= 0.3 is 11.9 Å². The summed E-state index contributed by atoms with van der Waals surface area (Å²) in [6, 6.07) is 29.5. The summed E-state index contributed by atoms with van der Waals surface area (Å²) in [4.78, 5) is 48.9. The van der Waals surface area contributed by atoms with Crippen molar-refractivity contribution in [1.82, 2.24) is 10.6 Å². The number of thiol groups is 1. The SMILES string of the molecule is COC(=O)CNC(=O)[C@H](C[SH]=CC[P+](c1ccccc1)(c1ccccc1)c1ccccc1)NC(=O)CC[C@H](N)C(=O)OC.[Br-]. The van der Waals surface area contributed by atoms with Gasteiger partial charge in [-0.05, 0) is 48.2 Å². The Morgan fingerprint density at radius 1 is 0.841 bits per heavy atom. The number of benzene rings is 3. The molecule has 0 saturated heterocycles. The number of halogens is 1. The molecule has 2 atom stereocenters. The molecule has 9 nitrogen and oxygen atoms in total. The van der Waals surface area contributed by atoms with Gasteiger partial charge in [0.1, 0.15) is 41.8 Å². The van der Waals surface area contributed by atoms with E-state index in [-0.39, 0.29) is 42.1 Å². The molecule has 0 saturated carbocycles. The van der Waals surface area contributed by atoms with Gasteiger partial charge in [-0.3, -0.25) is 19.2 Å². The fraction of sp³-hybridized carbons (Fsp3) is 0.281. The largest absolute Gasteiger partial charge is 1.00 e. The monoisotopic (exact) mass is 703 g/mol. The minimum atomic E-state index is -2.10. The highest BCUT2D eigenvalue weighted by molar-refractivity contribution is 8.01. The van der Waals surface area contributed by atoms with Gasteiger partial charge in [0, 0.05) is 12.2 Å². The van der Waals surface area contributed by atoms with Crippen molar-refractivity contribution in [3.8, 4) is 0 Å². The summed E-state index contributed by atoms with van der Waals surface area (Å²) in [5.41, 5.74) is 5.76. The fourth-order valence-corrected chi connectivity index (χ4v) is 10.2. The van der Waals surface area contributed by atoms with Gasteiger partial charge in [0.25, 0.3) is 0 Å². The van der Waals surface area contributed by atoms with Gasteiger partial charge in [0.2, 0.25) is 11.8 Å². The smallest absolute Gasteiger partial charge is 0.325 e. The number of nitrogens with two attached hydrogens (primary N) is 1. The van der Waals surface area contributed by atoms with Crippen LogP contribution in [0.2, 0.25) is 0 Å². The highest BCUT2D eigenvalue weighted by Crippen LogP contribution is 2.54. The highest BCUT2D eigenvalue weighted by atomic mass is 79.9. The second kappa shape index (κ2) is 19.1. The lowest BCUT2D eigenvalue weighted by Gasteiger charge is -2.26. The topological polar surface area (TPSA) is 137 Å². The Morgan fingerprint density at radius 2 is 1.34 bits per heavy atom. The summed E-state index contributed by atoms with van der Waals surface area (Å²) >= 11 is 0.823. The van der Waals surface area contributed by atoms with Crippen molar-refractivity contribution >= 4 is 63.6 Å². The van der Waals surface area contributed by atoms with Gasteiger partial charge < -0.3 is 42.8 Å². The summed E-state index contributed by atoms with van der Waals surface area (Å²) in [6.45, 7) is -0.319. The van der Waals surface area contributed by atoms with E-state index in [0.29, 0.717) is 0 Å². The molecule has 2 amide bonds. The lowest BCUT2D eigenvalue weighted by Crippen LogP contribution is -3.00. The number of ether oxygens (including phenoxy) is 2. The molecule has 0 bridgehead atoms. The van der Waals surface area contributed by atoms with E-state index >= 15 is 0 Å². The molecule has 3 rings (SSSR count). The Hall–Kier alpha value is -3.37. The van der Waals surface area contributed by atoms with Crippen LogP contribution in [0.4, 0.5) is 0 Å². The van der Waals surface area contributed by atoms with Crippen LogP contribution in [0.5, 0.6) is 0 Å². The van der Waals surface area contributed by atoms with Crippen LogP contribution in [-0.4, -0.2) is 73.9 Å². The second-order valence-electron chi connectivity index (χ2n) is 9.63. The van der Waals surface area contributed by atoms with Crippen LogP contribution in [0.15, 0.2) is 91.0 Å².